The van der Waals surface area contributed by atoms with E-state index in [0.717, 1.165) is 16.5 Å². The summed E-state index contributed by atoms with van der Waals surface area (Å²) in [5.41, 5.74) is 7.00. The molecule has 24 heavy (non-hydrogen) atoms. The first-order valence-electron chi connectivity index (χ1n) is 8.12. The second-order valence-corrected chi connectivity index (χ2v) is 7.26. The van der Waals surface area contributed by atoms with Crippen molar-refractivity contribution in [3.05, 3.63) is 23.8 Å². The number of aryl methyl sites for hydroxylation is 1. The van der Waals surface area contributed by atoms with Crippen LogP contribution in [0.2, 0.25) is 0 Å². The van der Waals surface area contributed by atoms with Crippen LogP contribution < -0.4 is 16.4 Å². The standard InChI is InChI=1S/C17H25N3O2S.ClH/c1-12-9-14(23-13-5-3-2-4-6-13)7-8-15(12)20-17(22)11-19-16(21)10-18;/h7-9,13H,2-6,10-11,18H2,1H3,(H,19,21)(H,20,22);1H. The Bertz CT molecular complexity index is 563. The van der Waals surface area contributed by atoms with Gasteiger partial charge in [0.2, 0.25) is 11.8 Å². The lowest BCUT2D eigenvalue weighted by molar-refractivity contribution is -0.123. The summed E-state index contributed by atoms with van der Waals surface area (Å²) in [6.07, 6.45) is 6.62. The number of nitrogens with two attached hydrogens (primary N) is 1. The zero-order valence-corrected chi connectivity index (χ0v) is 15.6. The van der Waals surface area contributed by atoms with Crippen LogP contribution in [0.4, 0.5) is 5.69 Å². The Hall–Kier alpha value is -1.24. The minimum atomic E-state index is -0.337. The van der Waals surface area contributed by atoms with E-state index in [9.17, 15) is 9.59 Å². The first-order valence-corrected chi connectivity index (χ1v) is 9.00. The van der Waals surface area contributed by atoms with Gasteiger partial charge in [-0.2, -0.15) is 0 Å². The molecule has 0 saturated heterocycles. The molecule has 7 heteroatoms. The first-order chi connectivity index (χ1) is 11.1. The maximum Gasteiger partial charge on any atom is 0.243 e. The molecule has 0 aliphatic heterocycles. The average molecular weight is 372 g/mol. The maximum atomic E-state index is 11.8. The highest BCUT2D eigenvalue weighted by Crippen LogP contribution is 2.34. The predicted octanol–water partition coefficient (Wildman–Crippen LogP) is 2.86. The summed E-state index contributed by atoms with van der Waals surface area (Å²) in [6.45, 7) is 1.81. The largest absolute Gasteiger partial charge is 0.346 e. The average Bonchev–Trinajstić information content (AvgIpc) is 2.56. The Balaban J connectivity index is 0.00000288. The van der Waals surface area contributed by atoms with Crippen LogP contribution in [-0.2, 0) is 9.59 Å². The van der Waals surface area contributed by atoms with Crippen molar-refractivity contribution < 1.29 is 9.59 Å². The number of carbonyl (C=O) groups excluding carboxylic acids is 2. The Kier molecular flexibility index (Phi) is 9.18. The van der Waals surface area contributed by atoms with Gasteiger partial charge >= 0.3 is 0 Å². The predicted molar refractivity (Wildman–Crippen MR) is 102 cm³/mol. The van der Waals surface area contributed by atoms with E-state index >= 15 is 0 Å². The number of hydrogen-bond acceptors (Lipinski definition) is 4. The lowest BCUT2D eigenvalue weighted by Crippen LogP contribution is -2.36. The maximum absolute atomic E-state index is 11.8. The molecule has 0 aromatic heterocycles. The third kappa shape index (κ3) is 6.71. The molecule has 1 aromatic carbocycles. The fourth-order valence-electron chi connectivity index (χ4n) is 2.67. The molecule has 0 atom stereocenters. The summed E-state index contributed by atoms with van der Waals surface area (Å²) in [6, 6.07) is 6.11. The normalized spacial score (nSPS) is 14.6. The van der Waals surface area contributed by atoms with Gasteiger partial charge in [0.15, 0.2) is 0 Å². The van der Waals surface area contributed by atoms with Gasteiger partial charge in [-0.3, -0.25) is 9.59 Å². The fraction of sp³-hybridized carbons (Fsp3) is 0.529. The fourth-order valence-corrected chi connectivity index (χ4v) is 4.02. The number of halogens is 1. The molecular weight excluding hydrogens is 346 g/mol. The van der Waals surface area contributed by atoms with Gasteiger partial charge in [0, 0.05) is 15.8 Å². The monoisotopic (exact) mass is 371 g/mol. The van der Waals surface area contributed by atoms with Crippen molar-refractivity contribution in [1.82, 2.24) is 5.32 Å². The van der Waals surface area contributed by atoms with E-state index in [1.165, 1.54) is 37.0 Å². The Morgan fingerprint density at radius 1 is 1.21 bits per heavy atom. The van der Waals surface area contributed by atoms with E-state index in [-0.39, 0.29) is 37.3 Å². The van der Waals surface area contributed by atoms with Crippen LogP contribution in [0.5, 0.6) is 0 Å². The molecule has 134 valence electrons. The summed E-state index contributed by atoms with van der Waals surface area (Å²) in [5, 5.41) is 5.99. The highest BCUT2D eigenvalue weighted by Gasteiger charge is 2.15. The van der Waals surface area contributed by atoms with Crippen molar-refractivity contribution in [2.45, 2.75) is 49.2 Å². The van der Waals surface area contributed by atoms with E-state index in [1.807, 2.05) is 24.8 Å². The van der Waals surface area contributed by atoms with Gasteiger partial charge in [0.1, 0.15) is 0 Å². The zero-order chi connectivity index (χ0) is 16.7. The summed E-state index contributed by atoms with van der Waals surface area (Å²) in [7, 11) is 0. The van der Waals surface area contributed by atoms with Crippen molar-refractivity contribution in [3.8, 4) is 0 Å². The number of benzene rings is 1. The van der Waals surface area contributed by atoms with Gasteiger partial charge in [-0.1, -0.05) is 19.3 Å². The molecule has 0 unspecified atom stereocenters. The van der Waals surface area contributed by atoms with Crippen LogP contribution in [0.15, 0.2) is 23.1 Å². The molecular formula is C17H26ClN3O2S. The molecule has 2 rings (SSSR count). The van der Waals surface area contributed by atoms with Crippen molar-refractivity contribution in [3.63, 3.8) is 0 Å². The number of amides is 2. The topological polar surface area (TPSA) is 84.2 Å². The third-order valence-electron chi connectivity index (χ3n) is 3.96. The van der Waals surface area contributed by atoms with Crippen LogP contribution in [0.25, 0.3) is 0 Å². The molecule has 1 aromatic rings. The van der Waals surface area contributed by atoms with E-state index < -0.39 is 0 Å². The number of nitrogens with one attached hydrogen (secondary N) is 2. The lowest BCUT2D eigenvalue weighted by Gasteiger charge is -2.21. The molecule has 1 aliphatic carbocycles. The first kappa shape index (κ1) is 20.8. The molecule has 1 saturated carbocycles. The van der Waals surface area contributed by atoms with Crippen molar-refractivity contribution in [2.75, 3.05) is 18.4 Å². The summed E-state index contributed by atoms with van der Waals surface area (Å²) >= 11 is 1.94. The summed E-state index contributed by atoms with van der Waals surface area (Å²) in [4.78, 5) is 24.1. The highest BCUT2D eigenvalue weighted by molar-refractivity contribution is 8.00. The van der Waals surface area contributed by atoms with E-state index in [1.54, 1.807) is 0 Å². The van der Waals surface area contributed by atoms with E-state index in [0.29, 0.717) is 0 Å². The van der Waals surface area contributed by atoms with Gasteiger partial charge in [0.05, 0.1) is 13.1 Å². The molecule has 4 N–H and O–H groups in total. The number of hydrogen-bond donors (Lipinski definition) is 3. The molecule has 1 fully saturated rings. The SMILES string of the molecule is Cc1cc(SC2CCCCC2)ccc1NC(=O)CNC(=O)CN.Cl. The summed E-state index contributed by atoms with van der Waals surface area (Å²) in [5.74, 6) is -0.585. The minimum Gasteiger partial charge on any atom is -0.346 e. The molecule has 5 nitrogen and oxygen atoms in total. The van der Waals surface area contributed by atoms with Crippen LogP contribution in [0.1, 0.15) is 37.7 Å². The molecule has 0 heterocycles. The van der Waals surface area contributed by atoms with Crippen molar-refractivity contribution >= 4 is 41.7 Å². The Morgan fingerprint density at radius 3 is 2.54 bits per heavy atom. The second kappa shape index (κ2) is 10.6. The molecule has 1 aliphatic rings. The number of carbonyl (C=O) groups is 2. The van der Waals surface area contributed by atoms with Gasteiger partial charge in [-0.05, 0) is 43.5 Å². The summed E-state index contributed by atoms with van der Waals surface area (Å²) < 4.78 is 0. The van der Waals surface area contributed by atoms with Gasteiger partial charge < -0.3 is 16.4 Å². The third-order valence-corrected chi connectivity index (χ3v) is 5.29. The quantitative estimate of drug-likeness (QED) is 0.717. The van der Waals surface area contributed by atoms with Gasteiger partial charge in [0.25, 0.3) is 0 Å². The second-order valence-electron chi connectivity index (χ2n) is 5.88. The van der Waals surface area contributed by atoms with Crippen LogP contribution >= 0.6 is 24.2 Å². The molecule has 0 radical (unpaired) electrons. The number of thioether (sulfide) groups is 1. The molecule has 2 amide bonds. The van der Waals surface area contributed by atoms with E-state index in [2.05, 4.69) is 22.8 Å². The van der Waals surface area contributed by atoms with Crippen LogP contribution in [-0.4, -0.2) is 30.2 Å². The van der Waals surface area contributed by atoms with Gasteiger partial charge in [-0.15, -0.1) is 24.2 Å². The van der Waals surface area contributed by atoms with Crippen LogP contribution in [0.3, 0.4) is 0 Å². The Labute approximate surface area is 153 Å². The highest BCUT2D eigenvalue weighted by atomic mass is 35.5. The number of anilines is 1. The number of rotatable bonds is 6. The van der Waals surface area contributed by atoms with Crippen molar-refractivity contribution in [1.29, 1.82) is 0 Å². The molecule has 0 bridgehead atoms. The molecule has 0 spiro atoms. The van der Waals surface area contributed by atoms with Crippen molar-refractivity contribution in [2.24, 2.45) is 5.73 Å². The lowest BCUT2D eigenvalue weighted by atomic mass is 10.0. The smallest absolute Gasteiger partial charge is 0.243 e. The zero-order valence-electron chi connectivity index (χ0n) is 14.0. The van der Waals surface area contributed by atoms with E-state index in [4.69, 9.17) is 5.73 Å². The van der Waals surface area contributed by atoms with Gasteiger partial charge in [-0.25, -0.2) is 0 Å². The van der Waals surface area contributed by atoms with Crippen LogP contribution in [0, 0.1) is 6.92 Å². The minimum absolute atomic E-state index is 0. The Morgan fingerprint density at radius 2 is 1.92 bits per heavy atom.